The number of halogens is 2. The lowest BCUT2D eigenvalue weighted by molar-refractivity contribution is -0.120. The van der Waals surface area contributed by atoms with Gasteiger partial charge < -0.3 is 10.4 Å². The van der Waals surface area contributed by atoms with E-state index in [4.69, 9.17) is 23.2 Å². The summed E-state index contributed by atoms with van der Waals surface area (Å²) in [5.74, 6) is -0.00831. The van der Waals surface area contributed by atoms with E-state index >= 15 is 0 Å². The van der Waals surface area contributed by atoms with Crippen LogP contribution in [0, 0.1) is 0 Å². The second kappa shape index (κ2) is 7.24. The fourth-order valence-electron chi connectivity index (χ4n) is 2.23. The number of aromatic hydroxyl groups is 1. The number of phenolic OH excluding ortho intramolecular Hbond substituents is 1. The average Bonchev–Trinajstić information content (AvgIpc) is 2.50. The molecule has 23 heavy (non-hydrogen) atoms. The fraction of sp³-hybridized carbons (Fsp3) is 0.278. The van der Waals surface area contributed by atoms with Crippen LogP contribution < -0.4 is 5.32 Å². The van der Waals surface area contributed by atoms with Gasteiger partial charge in [-0.25, -0.2) is 0 Å². The van der Waals surface area contributed by atoms with Crippen LogP contribution in [-0.4, -0.2) is 17.6 Å². The van der Waals surface area contributed by atoms with Crippen LogP contribution in [0.3, 0.4) is 0 Å². The van der Waals surface area contributed by atoms with Gasteiger partial charge in [0.1, 0.15) is 5.75 Å². The number of carbonyl (C=O) groups is 1. The molecule has 0 aromatic heterocycles. The normalized spacial score (nSPS) is 11.3. The molecule has 2 rings (SSSR count). The molecule has 0 atom stereocenters. The van der Waals surface area contributed by atoms with Crippen molar-refractivity contribution in [3.05, 3.63) is 63.6 Å². The largest absolute Gasteiger partial charge is 0.508 e. The summed E-state index contributed by atoms with van der Waals surface area (Å²) in [6.07, 6.45) is 0.143. The van der Waals surface area contributed by atoms with Crippen molar-refractivity contribution in [2.24, 2.45) is 0 Å². The minimum atomic E-state index is -0.289. The number of rotatable bonds is 5. The Bertz CT molecular complexity index is 714. The summed E-state index contributed by atoms with van der Waals surface area (Å²) in [5, 5.41) is 13.6. The van der Waals surface area contributed by atoms with Crippen molar-refractivity contribution >= 4 is 29.1 Å². The van der Waals surface area contributed by atoms with E-state index < -0.39 is 0 Å². The van der Waals surface area contributed by atoms with Crippen LogP contribution in [0.1, 0.15) is 25.0 Å². The number of para-hydroxylation sites is 1. The topological polar surface area (TPSA) is 49.3 Å². The number of nitrogens with one attached hydrogen (secondary N) is 1. The summed E-state index contributed by atoms with van der Waals surface area (Å²) in [4.78, 5) is 12.1. The van der Waals surface area contributed by atoms with Gasteiger partial charge in [0.2, 0.25) is 5.91 Å². The molecule has 0 aliphatic carbocycles. The Morgan fingerprint density at radius 3 is 2.48 bits per heavy atom. The zero-order chi connectivity index (χ0) is 17.0. The van der Waals surface area contributed by atoms with Crippen molar-refractivity contribution in [3.8, 4) is 5.75 Å². The predicted molar refractivity (Wildman–Crippen MR) is 94.3 cm³/mol. The monoisotopic (exact) mass is 351 g/mol. The highest BCUT2D eigenvalue weighted by Gasteiger charge is 2.22. The van der Waals surface area contributed by atoms with Gasteiger partial charge in [-0.05, 0) is 23.8 Å². The number of hydrogen-bond acceptors (Lipinski definition) is 2. The zero-order valence-electron chi connectivity index (χ0n) is 13.1. The van der Waals surface area contributed by atoms with Gasteiger partial charge in [-0.1, -0.05) is 61.3 Å². The molecule has 122 valence electrons. The second-order valence-corrected chi connectivity index (χ2v) is 6.91. The van der Waals surface area contributed by atoms with E-state index in [1.54, 1.807) is 30.3 Å². The van der Waals surface area contributed by atoms with Crippen molar-refractivity contribution in [1.29, 1.82) is 0 Å². The minimum absolute atomic E-state index is 0.131. The number of hydrogen-bond donors (Lipinski definition) is 2. The van der Waals surface area contributed by atoms with E-state index in [0.29, 0.717) is 22.2 Å². The van der Waals surface area contributed by atoms with Crippen molar-refractivity contribution < 1.29 is 9.90 Å². The number of carbonyl (C=O) groups excluding carboxylic acids is 1. The van der Waals surface area contributed by atoms with Crippen LogP contribution in [-0.2, 0) is 16.6 Å². The summed E-state index contributed by atoms with van der Waals surface area (Å²) in [7, 11) is 0. The van der Waals surface area contributed by atoms with E-state index in [9.17, 15) is 9.90 Å². The Kier molecular flexibility index (Phi) is 5.55. The molecule has 0 heterocycles. The fourth-order valence-corrected chi connectivity index (χ4v) is 2.53. The molecule has 0 aliphatic heterocycles. The lowest BCUT2D eigenvalue weighted by atomic mass is 9.84. The highest BCUT2D eigenvalue weighted by molar-refractivity contribution is 6.42. The number of phenols is 1. The van der Waals surface area contributed by atoms with E-state index in [0.717, 1.165) is 5.56 Å². The molecule has 2 aromatic carbocycles. The van der Waals surface area contributed by atoms with E-state index in [1.807, 2.05) is 26.0 Å². The second-order valence-electron chi connectivity index (χ2n) is 6.09. The van der Waals surface area contributed by atoms with Gasteiger partial charge in [0.05, 0.1) is 16.5 Å². The highest BCUT2D eigenvalue weighted by atomic mass is 35.5. The molecular weight excluding hydrogens is 333 g/mol. The Morgan fingerprint density at radius 2 is 1.83 bits per heavy atom. The van der Waals surface area contributed by atoms with Gasteiger partial charge in [0.25, 0.3) is 0 Å². The first kappa shape index (κ1) is 17.6. The van der Waals surface area contributed by atoms with Gasteiger partial charge in [-0.3, -0.25) is 4.79 Å². The quantitative estimate of drug-likeness (QED) is 0.841. The van der Waals surface area contributed by atoms with Gasteiger partial charge in [0.15, 0.2) is 0 Å². The maximum absolute atomic E-state index is 12.1. The first-order valence-electron chi connectivity index (χ1n) is 7.29. The third-order valence-corrected chi connectivity index (χ3v) is 4.51. The van der Waals surface area contributed by atoms with Gasteiger partial charge >= 0.3 is 0 Å². The molecule has 3 nitrogen and oxygen atoms in total. The molecule has 0 saturated heterocycles. The Morgan fingerprint density at radius 1 is 1.13 bits per heavy atom. The first-order valence-corrected chi connectivity index (χ1v) is 8.04. The third kappa shape index (κ3) is 4.63. The van der Waals surface area contributed by atoms with E-state index in [-0.39, 0.29) is 23.5 Å². The Labute approximate surface area is 146 Å². The maximum atomic E-state index is 12.1. The molecule has 5 heteroatoms. The maximum Gasteiger partial charge on any atom is 0.224 e. The van der Waals surface area contributed by atoms with Gasteiger partial charge in [-0.15, -0.1) is 0 Å². The zero-order valence-corrected chi connectivity index (χ0v) is 14.6. The molecule has 0 spiro atoms. The number of amides is 1. The van der Waals surface area contributed by atoms with Crippen LogP contribution >= 0.6 is 23.2 Å². The van der Waals surface area contributed by atoms with Crippen LogP contribution in [0.15, 0.2) is 42.5 Å². The smallest absolute Gasteiger partial charge is 0.224 e. The molecule has 0 unspecified atom stereocenters. The molecule has 2 aromatic rings. The summed E-state index contributed by atoms with van der Waals surface area (Å²) in [6, 6.07) is 12.3. The van der Waals surface area contributed by atoms with E-state index in [1.165, 1.54) is 0 Å². The van der Waals surface area contributed by atoms with E-state index in [2.05, 4.69) is 5.32 Å². The SMILES string of the molecule is CC(C)(CNC(=O)Cc1ccccc1O)c1ccc(Cl)c(Cl)c1. The predicted octanol–water partition coefficient (Wildman–Crippen LogP) is 4.34. The molecule has 0 fully saturated rings. The van der Waals surface area contributed by atoms with Gasteiger partial charge in [0, 0.05) is 17.5 Å². The Hall–Kier alpha value is -1.71. The average molecular weight is 352 g/mol. The lowest BCUT2D eigenvalue weighted by Gasteiger charge is -2.26. The molecule has 0 saturated carbocycles. The molecule has 0 bridgehead atoms. The highest BCUT2D eigenvalue weighted by Crippen LogP contribution is 2.29. The van der Waals surface area contributed by atoms with Crippen molar-refractivity contribution in [3.63, 3.8) is 0 Å². The third-order valence-electron chi connectivity index (χ3n) is 3.77. The lowest BCUT2D eigenvalue weighted by Crippen LogP contribution is -2.37. The molecule has 0 aliphatic rings. The first-order chi connectivity index (χ1) is 10.8. The van der Waals surface area contributed by atoms with Crippen LogP contribution in [0.4, 0.5) is 0 Å². The van der Waals surface area contributed by atoms with Crippen LogP contribution in [0.25, 0.3) is 0 Å². The summed E-state index contributed by atoms with van der Waals surface area (Å²) >= 11 is 12.0. The van der Waals surface area contributed by atoms with Crippen LogP contribution in [0.5, 0.6) is 5.75 Å². The minimum Gasteiger partial charge on any atom is -0.508 e. The summed E-state index contributed by atoms with van der Waals surface area (Å²) < 4.78 is 0. The van der Waals surface area contributed by atoms with Crippen molar-refractivity contribution in [2.75, 3.05) is 6.54 Å². The molecular formula is C18H19Cl2NO2. The van der Waals surface area contributed by atoms with Crippen LogP contribution in [0.2, 0.25) is 10.0 Å². The summed E-state index contributed by atoms with van der Waals surface area (Å²) in [6.45, 7) is 4.50. The molecule has 0 radical (unpaired) electrons. The van der Waals surface area contributed by atoms with Crippen molar-refractivity contribution in [2.45, 2.75) is 25.7 Å². The van der Waals surface area contributed by atoms with Crippen molar-refractivity contribution in [1.82, 2.24) is 5.32 Å². The van der Waals surface area contributed by atoms with Gasteiger partial charge in [-0.2, -0.15) is 0 Å². The Balaban J connectivity index is 1.99. The summed E-state index contributed by atoms with van der Waals surface area (Å²) in [5.41, 5.74) is 1.31. The molecule has 1 amide bonds. The number of benzene rings is 2. The molecule has 2 N–H and O–H groups in total. The standard InChI is InChI=1S/C18H19Cl2NO2/c1-18(2,13-7-8-14(19)15(20)10-13)11-21-17(23)9-12-5-3-4-6-16(12)22/h3-8,10,22H,9,11H2,1-2H3,(H,21,23).